The average Bonchev–Trinajstić information content (AvgIpc) is 3.47. The number of benzene rings is 1. The van der Waals surface area contributed by atoms with Crippen molar-refractivity contribution < 1.29 is 27.4 Å². The summed E-state index contributed by atoms with van der Waals surface area (Å²) in [7, 11) is 2.92. The van der Waals surface area contributed by atoms with Crippen LogP contribution in [0.25, 0.3) is 0 Å². The Kier molecular flexibility index (Phi) is 6.73. The van der Waals surface area contributed by atoms with Crippen LogP contribution in [0.2, 0.25) is 0 Å². The van der Waals surface area contributed by atoms with Crippen molar-refractivity contribution in [2.45, 2.75) is 50.9 Å². The van der Waals surface area contributed by atoms with Crippen LogP contribution in [0.4, 0.5) is 24.0 Å². The first-order valence-corrected chi connectivity index (χ1v) is 12.9. The largest absolute Gasteiger partial charge is 0.493 e. The molecule has 1 aliphatic heterocycles. The standard InChI is InChI=1S/C26H26F3N5O3S/c1-13-4-6-15-16(11-30)25(38-21(15)8-13)33-24(35)17-12-31-34-22(26(27,28)29)10-18(32-23(17)34)14-5-7-19(36-2)20(9-14)37-3/h5,7,9,12-13,18,22,32H,4,6,8,10H2,1-3H3,(H,33,35)/t13-,18-,22-/m0/s1. The molecule has 38 heavy (non-hydrogen) atoms. The lowest BCUT2D eigenvalue weighted by Crippen LogP contribution is -2.36. The number of carbonyl (C=O) groups excluding carboxylic acids is 1. The van der Waals surface area contributed by atoms with Gasteiger partial charge in [-0.3, -0.25) is 4.79 Å². The summed E-state index contributed by atoms with van der Waals surface area (Å²) in [5, 5.41) is 20.0. The lowest BCUT2D eigenvalue weighted by Gasteiger charge is -2.34. The second-order valence-electron chi connectivity index (χ2n) is 9.58. The Morgan fingerprint density at radius 3 is 2.74 bits per heavy atom. The zero-order valence-electron chi connectivity index (χ0n) is 21.0. The summed E-state index contributed by atoms with van der Waals surface area (Å²) in [5.74, 6) is 0.648. The van der Waals surface area contributed by atoms with E-state index in [-0.39, 0.29) is 17.8 Å². The number of fused-ring (bicyclic) bond motifs is 2. The number of aromatic nitrogens is 2. The molecule has 1 aliphatic carbocycles. The third-order valence-corrected chi connectivity index (χ3v) is 8.31. The number of rotatable bonds is 5. The minimum Gasteiger partial charge on any atom is -0.493 e. The van der Waals surface area contributed by atoms with Crippen molar-refractivity contribution in [1.82, 2.24) is 9.78 Å². The Balaban J connectivity index is 1.49. The molecule has 1 amide bonds. The number of anilines is 2. The number of carbonyl (C=O) groups is 1. The second-order valence-corrected chi connectivity index (χ2v) is 10.7. The first kappa shape index (κ1) is 25.9. The van der Waals surface area contributed by atoms with E-state index in [0.717, 1.165) is 40.6 Å². The van der Waals surface area contributed by atoms with Gasteiger partial charge in [0.1, 0.15) is 22.5 Å². The summed E-state index contributed by atoms with van der Waals surface area (Å²) < 4.78 is 53.8. The molecular formula is C26H26F3N5O3S. The maximum atomic E-state index is 14.1. The maximum Gasteiger partial charge on any atom is 0.410 e. The van der Waals surface area contributed by atoms with E-state index in [1.54, 1.807) is 18.2 Å². The number of thiophene rings is 1. The van der Waals surface area contributed by atoms with Gasteiger partial charge in [0.2, 0.25) is 0 Å². The number of amides is 1. The number of ether oxygens (including phenoxy) is 2. The Morgan fingerprint density at radius 1 is 1.29 bits per heavy atom. The number of nitriles is 1. The SMILES string of the molecule is COc1ccc([C@@H]2C[C@@H](C(F)(F)F)n3ncc(C(=O)Nc4sc5c(c4C#N)CC[C@H](C)C5)c3N2)cc1OC. The molecule has 5 rings (SSSR count). The van der Waals surface area contributed by atoms with Crippen molar-refractivity contribution in [2.75, 3.05) is 24.9 Å². The molecule has 0 radical (unpaired) electrons. The summed E-state index contributed by atoms with van der Waals surface area (Å²) in [6, 6.07) is 4.38. The summed E-state index contributed by atoms with van der Waals surface area (Å²) in [6.07, 6.45) is -1.24. The fraction of sp³-hybridized carbons (Fsp3) is 0.423. The first-order chi connectivity index (χ1) is 18.1. The summed E-state index contributed by atoms with van der Waals surface area (Å²) in [4.78, 5) is 14.4. The highest BCUT2D eigenvalue weighted by Crippen LogP contribution is 2.46. The predicted molar refractivity (Wildman–Crippen MR) is 136 cm³/mol. The van der Waals surface area contributed by atoms with Crippen LogP contribution in [0.15, 0.2) is 24.4 Å². The molecule has 200 valence electrons. The van der Waals surface area contributed by atoms with Crippen LogP contribution in [0.3, 0.4) is 0 Å². The molecule has 0 fully saturated rings. The number of methoxy groups -OCH3 is 2. The van der Waals surface area contributed by atoms with Crippen LogP contribution in [-0.2, 0) is 12.8 Å². The van der Waals surface area contributed by atoms with Gasteiger partial charge < -0.3 is 20.1 Å². The summed E-state index contributed by atoms with van der Waals surface area (Å²) in [6.45, 7) is 2.14. The fourth-order valence-electron chi connectivity index (χ4n) is 5.14. The van der Waals surface area contributed by atoms with E-state index in [9.17, 15) is 23.2 Å². The molecule has 3 aromatic rings. The molecular weight excluding hydrogens is 519 g/mol. The Morgan fingerprint density at radius 2 is 2.05 bits per heavy atom. The highest BCUT2D eigenvalue weighted by atomic mass is 32.1. The van der Waals surface area contributed by atoms with Crippen LogP contribution < -0.4 is 20.1 Å². The van der Waals surface area contributed by atoms with Crippen molar-refractivity contribution in [2.24, 2.45) is 5.92 Å². The molecule has 12 heteroatoms. The van der Waals surface area contributed by atoms with Crippen LogP contribution in [0.5, 0.6) is 11.5 Å². The maximum absolute atomic E-state index is 14.1. The number of nitrogens with one attached hydrogen (secondary N) is 2. The summed E-state index contributed by atoms with van der Waals surface area (Å²) in [5.41, 5.74) is 1.89. The highest BCUT2D eigenvalue weighted by molar-refractivity contribution is 7.16. The van der Waals surface area contributed by atoms with Gasteiger partial charge in [-0.1, -0.05) is 13.0 Å². The summed E-state index contributed by atoms with van der Waals surface area (Å²) >= 11 is 1.36. The van der Waals surface area contributed by atoms with E-state index < -0.39 is 24.2 Å². The van der Waals surface area contributed by atoms with Crippen LogP contribution >= 0.6 is 11.3 Å². The van der Waals surface area contributed by atoms with Gasteiger partial charge in [-0.2, -0.15) is 23.5 Å². The van der Waals surface area contributed by atoms with Gasteiger partial charge in [0.05, 0.1) is 32.0 Å². The quantitative estimate of drug-likeness (QED) is 0.416. The third-order valence-electron chi connectivity index (χ3n) is 7.14. The van der Waals surface area contributed by atoms with E-state index in [0.29, 0.717) is 33.5 Å². The molecule has 0 saturated carbocycles. The fourth-order valence-corrected chi connectivity index (χ4v) is 6.50. The van der Waals surface area contributed by atoms with Gasteiger partial charge in [-0.25, -0.2) is 4.68 Å². The van der Waals surface area contributed by atoms with Gasteiger partial charge in [-0.05, 0) is 48.4 Å². The van der Waals surface area contributed by atoms with Crippen LogP contribution in [0.1, 0.15) is 63.8 Å². The molecule has 0 bridgehead atoms. The van der Waals surface area contributed by atoms with Crippen molar-refractivity contribution in [1.29, 1.82) is 5.26 Å². The van der Waals surface area contributed by atoms with E-state index in [1.165, 1.54) is 25.6 Å². The van der Waals surface area contributed by atoms with Crippen LogP contribution in [0, 0.1) is 17.2 Å². The van der Waals surface area contributed by atoms with Gasteiger partial charge in [0.15, 0.2) is 17.5 Å². The van der Waals surface area contributed by atoms with E-state index in [4.69, 9.17) is 9.47 Å². The van der Waals surface area contributed by atoms with Gasteiger partial charge >= 0.3 is 6.18 Å². The van der Waals surface area contributed by atoms with Crippen molar-refractivity contribution in [3.8, 4) is 17.6 Å². The van der Waals surface area contributed by atoms with E-state index in [1.807, 2.05) is 0 Å². The van der Waals surface area contributed by atoms with Crippen molar-refractivity contribution in [3.05, 3.63) is 51.5 Å². The van der Waals surface area contributed by atoms with E-state index in [2.05, 4.69) is 28.7 Å². The lowest BCUT2D eigenvalue weighted by molar-refractivity contribution is -0.173. The second kappa shape index (κ2) is 9.87. The van der Waals surface area contributed by atoms with Gasteiger partial charge in [0.25, 0.3) is 5.91 Å². The zero-order valence-corrected chi connectivity index (χ0v) is 21.8. The molecule has 2 aromatic heterocycles. The minimum atomic E-state index is -4.59. The van der Waals surface area contributed by atoms with Gasteiger partial charge in [0, 0.05) is 11.3 Å². The zero-order chi connectivity index (χ0) is 27.2. The monoisotopic (exact) mass is 545 g/mol. The van der Waals surface area contributed by atoms with Gasteiger partial charge in [-0.15, -0.1) is 11.3 Å². The predicted octanol–water partition coefficient (Wildman–Crippen LogP) is 5.87. The Labute approximate surface area is 221 Å². The number of alkyl halides is 3. The molecule has 2 N–H and O–H groups in total. The van der Waals surface area contributed by atoms with E-state index >= 15 is 0 Å². The number of hydrogen-bond donors (Lipinski definition) is 2. The molecule has 0 spiro atoms. The molecule has 3 heterocycles. The topological polar surface area (TPSA) is 101 Å². The minimum absolute atomic E-state index is 0.0342. The normalized spacial score (nSPS) is 20.5. The van der Waals surface area contributed by atoms with Crippen molar-refractivity contribution >= 4 is 28.1 Å². The molecule has 1 aromatic carbocycles. The van der Waals surface area contributed by atoms with Crippen molar-refractivity contribution in [3.63, 3.8) is 0 Å². The Hall–Kier alpha value is -3.72. The smallest absolute Gasteiger partial charge is 0.410 e. The number of hydrogen-bond acceptors (Lipinski definition) is 7. The molecule has 2 aliphatic rings. The molecule has 8 nitrogen and oxygen atoms in total. The molecule has 0 saturated heterocycles. The van der Waals surface area contributed by atoms with Crippen LogP contribution in [-0.4, -0.2) is 36.1 Å². The lowest BCUT2D eigenvalue weighted by atomic mass is 9.88. The number of nitrogens with zero attached hydrogens (tertiary/aromatic N) is 3. The molecule has 0 unspecified atom stereocenters. The first-order valence-electron chi connectivity index (χ1n) is 12.1. The molecule has 3 atom stereocenters. The average molecular weight is 546 g/mol. The highest BCUT2D eigenvalue weighted by Gasteiger charge is 2.47. The third kappa shape index (κ3) is 4.55. The number of halogens is 3. The Bertz CT molecular complexity index is 1420.